The van der Waals surface area contributed by atoms with Gasteiger partial charge in [0.25, 0.3) is 0 Å². The molecule has 1 aliphatic rings. The number of ether oxygens (including phenoxy) is 3. The van der Waals surface area contributed by atoms with Gasteiger partial charge in [-0.3, -0.25) is 0 Å². The van der Waals surface area contributed by atoms with Crippen LogP contribution >= 0.6 is 0 Å². The van der Waals surface area contributed by atoms with Gasteiger partial charge in [0, 0.05) is 0 Å². The zero-order valence-electron chi connectivity index (χ0n) is 17.6. The molecular weight excluding hydrogens is 419 g/mol. The van der Waals surface area contributed by atoms with Crippen LogP contribution in [0.2, 0.25) is 0 Å². The summed E-state index contributed by atoms with van der Waals surface area (Å²) in [7, 11) is 0. The predicted octanol–water partition coefficient (Wildman–Crippen LogP) is 3.01. The van der Waals surface area contributed by atoms with Crippen molar-refractivity contribution in [3.05, 3.63) is 77.2 Å². The van der Waals surface area contributed by atoms with Gasteiger partial charge in [0.15, 0.2) is 6.10 Å². The third-order valence-electron chi connectivity index (χ3n) is 4.60. The van der Waals surface area contributed by atoms with Gasteiger partial charge in [0.1, 0.15) is 18.2 Å². The molecular formula is C23H23FN2O6. The number of urea groups is 1. The fourth-order valence-corrected chi connectivity index (χ4v) is 3.10. The Morgan fingerprint density at radius 2 is 1.75 bits per heavy atom. The average Bonchev–Trinajstić information content (AvgIpc) is 2.79. The molecule has 3 rings (SSSR count). The lowest BCUT2D eigenvalue weighted by Crippen LogP contribution is -2.47. The largest absolute Gasteiger partial charge is 0.479 e. The summed E-state index contributed by atoms with van der Waals surface area (Å²) in [5, 5.41) is 5.22. The maximum atomic E-state index is 13.0. The van der Waals surface area contributed by atoms with Crippen LogP contribution in [-0.2, 0) is 19.1 Å². The zero-order chi connectivity index (χ0) is 23.1. The summed E-state index contributed by atoms with van der Waals surface area (Å²) in [6.07, 6.45) is -1.01. The lowest BCUT2D eigenvalue weighted by Gasteiger charge is -2.29. The zero-order valence-corrected chi connectivity index (χ0v) is 17.6. The van der Waals surface area contributed by atoms with Gasteiger partial charge < -0.3 is 24.8 Å². The fraction of sp³-hybridized carbons (Fsp3) is 0.261. The number of hydrogen-bond acceptors (Lipinski definition) is 6. The molecule has 0 saturated carbocycles. The molecule has 0 aliphatic carbocycles. The van der Waals surface area contributed by atoms with Crippen LogP contribution < -0.4 is 15.4 Å². The second kappa shape index (κ2) is 10.4. The molecule has 32 heavy (non-hydrogen) atoms. The van der Waals surface area contributed by atoms with Crippen molar-refractivity contribution < 1.29 is 33.0 Å². The minimum absolute atomic E-state index is 0.114. The molecule has 2 aromatic rings. The topological polar surface area (TPSA) is 103 Å². The molecule has 0 bridgehead atoms. The summed E-state index contributed by atoms with van der Waals surface area (Å²) in [6, 6.07) is 12.8. The number of esters is 2. The van der Waals surface area contributed by atoms with Crippen molar-refractivity contribution in [3.63, 3.8) is 0 Å². The number of amides is 2. The van der Waals surface area contributed by atoms with Crippen LogP contribution in [0.5, 0.6) is 5.75 Å². The number of halogens is 1. The highest BCUT2D eigenvalue weighted by molar-refractivity contribution is 5.95. The number of carbonyl (C=O) groups excluding carboxylic acids is 3. The summed E-state index contributed by atoms with van der Waals surface area (Å²) in [5.41, 5.74) is 0.920. The average molecular weight is 442 g/mol. The molecule has 0 fully saturated rings. The number of rotatable bonds is 8. The van der Waals surface area contributed by atoms with Crippen molar-refractivity contribution in [3.8, 4) is 5.75 Å². The Kier molecular flexibility index (Phi) is 7.43. The summed E-state index contributed by atoms with van der Waals surface area (Å²) >= 11 is 0. The predicted molar refractivity (Wildman–Crippen MR) is 112 cm³/mol. The van der Waals surface area contributed by atoms with Gasteiger partial charge in [-0.1, -0.05) is 30.3 Å². The van der Waals surface area contributed by atoms with Crippen LogP contribution in [0.1, 0.15) is 25.5 Å². The lowest BCUT2D eigenvalue weighted by molar-refractivity contribution is -0.150. The van der Waals surface area contributed by atoms with E-state index in [0.717, 1.165) is 0 Å². The van der Waals surface area contributed by atoms with Crippen LogP contribution in [0.25, 0.3) is 0 Å². The van der Waals surface area contributed by atoms with Gasteiger partial charge in [0.2, 0.25) is 0 Å². The number of carbonyl (C=O) groups is 3. The first-order valence-electron chi connectivity index (χ1n) is 10.0. The second-order valence-electron chi connectivity index (χ2n) is 6.88. The molecule has 9 heteroatoms. The molecule has 0 saturated heterocycles. The molecule has 2 N–H and O–H groups in total. The molecule has 168 valence electrons. The molecule has 2 amide bonds. The van der Waals surface area contributed by atoms with Crippen LogP contribution in [0.4, 0.5) is 9.18 Å². The van der Waals surface area contributed by atoms with Gasteiger partial charge >= 0.3 is 18.0 Å². The molecule has 0 unspecified atom stereocenters. The SMILES string of the molecule is CCOC(=O)C1=C(COC(=O)[C@@H](C)Oc2ccc(F)cc2)NC(=O)N[C@H]1c1ccccc1. The van der Waals surface area contributed by atoms with Crippen LogP contribution in [-0.4, -0.2) is 37.3 Å². The van der Waals surface area contributed by atoms with Crippen LogP contribution in [0.3, 0.4) is 0 Å². The molecule has 0 aromatic heterocycles. The number of hydrogen-bond donors (Lipinski definition) is 2. The van der Waals surface area contributed by atoms with E-state index in [1.54, 1.807) is 31.2 Å². The Morgan fingerprint density at radius 3 is 2.41 bits per heavy atom. The normalized spacial score (nSPS) is 16.5. The van der Waals surface area contributed by atoms with Crippen molar-refractivity contribution in [1.82, 2.24) is 10.6 Å². The highest BCUT2D eigenvalue weighted by Crippen LogP contribution is 2.28. The third-order valence-corrected chi connectivity index (χ3v) is 4.60. The number of benzene rings is 2. The first-order valence-corrected chi connectivity index (χ1v) is 10.0. The van der Waals surface area contributed by atoms with E-state index in [0.29, 0.717) is 11.3 Å². The summed E-state index contributed by atoms with van der Waals surface area (Å²) in [6.45, 7) is 2.90. The highest BCUT2D eigenvalue weighted by atomic mass is 19.1. The molecule has 2 aromatic carbocycles. The van der Waals surface area contributed by atoms with E-state index in [9.17, 15) is 18.8 Å². The summed E-state index contributed by atoms with van der Waals surface area (Å²) < 4.78 is 28.9. The summed E-state index contributed by atoms with van der Waals surface area (Å²) in [5.74, 6) is -1.51. The van der Waals surface area contributed by atoms with E-state index >= 15 is 0 Å². The van der Waals surface area contributed by atoms with Crippen LogP contribution in [0, 0.1) is 5.82 Å². The first kappa shape index (κ1) is 22.8. The molecule has 1 aliphatic heterocycles. The second-order valence-corrected chi connectivity index (χ2v) is 6.88. The monoisotopic (exact) mass is 442 g/mol. The maximum absolute atomic E-state index is 13.0. The van der Waals surface area contributed by atoms with Crippen molar-refractivity contribution in [2.75, 3.05) is 13.2 Å². The molecule has 8 nitrogen and oxygen atoms in total. The van der Waals surface area contributed by atoms with Crippen molar-refractivity contribution in [2.24, 2.45) is 0 Å². The Balaban J connectivity index is 1.78. The summed E-state index contributed by atoms with van der Waals surface area (Å²) in [4.78, 5) is 37.3. The van der Waals surface area contributed by atoms with E-state index in [1.807, 2.05) is 6.07 Å². The van der Waals surface area contributed by atoms with E-state index < -0.39 is 35.9 Å². The maximum Gasteiger partial charge on any atom is 0.347 e. The highest BCUT2D eigenvalue weighted by Gasteiger charge is 2.34. The van der Waals surface area contributed by atoms with Gasteiger partial charge in [-0.25, -0.2) is 18.8 Å². The lowest BCUT2D eigenvalue weighted by atomic mass is 9.95. The van der Waals surface area contributed by atoms with Gasteiger partial charge in [-0.2, -0.15) is 0 Å². The Bertz CT molecular complexity index is 1010. The van der Waals surface area contributed by atoms with Crippen molar-refractivity contribution in [1.29, 1.82) is 0 Å². The molecule has 0 radical (unpaired) electrons. The smallest absolute Gasteiger partial charge is 0.347 e. The van der Waals surface area contributed by atoms with Gasteiger partial charge in [-0.05, 0) is 43.7 Å². The third kappa shape index (κ3) is 5.63. The van der Waals surface area contributed by atoms with E-state index in [1.165, 1.54) is 31.2 Å². The minimum Gasteiger partial charge on any atom is -0.479 e. The molecule has 0 spiro atoms. The van der Waals surface area contributed by atoms with Crippen molar-refractivity contribution in [2.45, 2.75) is 26.0 Å². The van der Waals surface area contributed by atoms with Gasteiger partial charge in [0.05, 0.1) is 23.9 Å². The van der Waals surface area contributed by atoms with Gasteiger partial charge in [-0.15, -0.1) is 0 Å². The standard InChI is InChI=1S/C23H23FN2O6/c1-3-30-22(28)19-18(25-23(29)26-20(19)15-7-5-4-6-8-15)13-31-21(27)14(2)32-17-11-9-16(24)10-12-17/h4-12,14,20H,3,13H2,1-2H3,(H2,25,26,29)/t14-,20+/m1/s1. The minimum atomic E-state index is -1.01. The van der Waals surface area contributed by atoms with Crippen molar-refractivity contribution >= 4 is 18.0 Å². The Labute approximate surface area is 184 Å². The number of nitrogens with one attached hydrogen (secondary N) is 2. The van der Waals surface area contributed by atoms with E-state index in [4.69, 9.17) is 14.2 Å². The molecule has 1 heterocycles. The molecule has 2 atom stereocenters. The fourth-order valence-electron chi connectivity index (χ4n) is 3.10. The van der Waals surface area contributed by atoms with E-state index in [-0.39, 0.29) is 24.5 Å². The quantitative estimate of drug-likeness (QED) is 0.610. The first-order chi connectivity index (χ1) is 15.4. The van der Waals surface area contributed by atoms with Crippen LogP contribution in [0.15, 0.2) is 65.9 Å². The van der Waals surface area contributed by atoms with E-state index in [2.05, 4.69) is 10.6 Å². The Hall–Kier alpha value is -3.88. The Morgan fingerprint density at radius 1 is 1.06 bits per heavy atom.